The van der Waals surface area contributed by atoms with E-state index in [1.807, 2.05) is 0 Å². The van der Waals surface area contributed by atoms with E-state index in [2.05, 4.69) is 9.72 Å². The van der Waals surface area contributed by atoms with Gasteiger partial charge in [-0.15, -0.1) is 0 Å². The summed E-state index contributed by atoms with van der Waals surface area (Å²) in [6, 6.07) is 1.90. The van der Waals surface area contributed by atoms with E-state index in [1.54, 1.807) is 0 Å². The Labute approximate surface area is 112 Å². The van der Waals surface area contributed by atoms with Crippen molar-refractivity contribution in [2.45, 2.75) is 0 Å². The molecule has 1 aromatic heterocycles. The summed E-state index contributed by atoms with van der Waals surface area (Å²) < 4.78 is 70.0. The van der Waals surface area contributed by atoms with Gasteiger partial charge in [0.25, 0.3) is 11.9 Å². The molecule has 1 aromatic carbocycles. The Balaban J connectivity index is 2.44. The van der Waals surface area contributed by atoms with Crippen LogP contribution in [-0.2, 0) is 0 Å². The maximum atomic E-state index is 13.3. The van der Waals surface area contributed by atoms with Crippen LogP contribution >= 0.6 is 0 Å². The first-order valence-electron chi connectivity index (χ1n) is 5.13. The first kappa shape index (κ1) is 14.6. The topological polar surface area (TPSA) is 65.3 Å². The highest BCUT2D eigenvalue weighted by atomic mass is 19.2. The smallest absolute Gasteiger partial charge is 0.305 e. The number of ether oxygens (including phenoxy) is 1. The van der Waals surface area contributed by atoms with Gasteiger partial charge in [0.05, 0.1) is 4.92 Å². The van der Waals surface area contributed by atoms with Gasteiger partial charge in [-0.1, -0.05) is 0 Å². The summed E-state index contributed by atoms with van der Waals surface area (Å²) in [5.41, 5.74) is -0.907. The van der Waals surface area contributed by atoms with Gasteiger partial charge >= 0.3 is 5.69 Å². The van der Waals surface area contributed by atoms with Gasteiger partial charge in [0.15, 0.2) is 0 Å². The largest absolute Gasteiger partial charge is 0.451 e. The zero-order chi connectivity index (χ0) is 15.7. The van der Waals surface area contributed by atoms with E-state index in [1.165, 1.54) is 0 Å². The van der Waals surface area contributed by atoms with Crippen LogP contribution < -0.4 is 4.74 Å². The van der Waals surface area contributed by atoms with E-state index >= 15 is 0 Å². The minimum atomic E-state index is -1.95. The molecule has 0 N–H and O–H groups in total. The van der Waals surface area contributed by atoms with Crippen molar-refractivity contribution < 1.29 is 31.6 Å². The van der Waals surface area contributed by atoms with Gasteiger partial charge in [-0.05, 0) is 6.07 Å². The Bertz CT molecular complexity index is 712. The van der Waals surface area contributed by atoms with Crippen molar-refractivity contribution in [1.29, 1.82) is 0 Å². The van der Waals surface area contributed by atoms with E-state index in [-0.39, 0.29) is 0 Å². The fraction of sp³-hybridized carbons (Fsp3) is 0. The van der Waals surface area contributed by atoms with Crippen molar-refractivity contribution >= 4 is 5.69 Å². The molecule has 110 valence electrons. The number of rotatable bonds is 3. The van der Waals surface area contributed by atoms with Crippen LogP contribution in [0, 0.1) is 39.5 Å². The number of nitrogens with zero attached hydrogens (tertiary/aromatic N) is 2. The van der Waals surface area contributed by atoms with E-state index in [4.69, 9.17) is 0 Å². The molecule has 0 atom stereocenters. The second-order valence-corrected chi connectivity index (χ2v) is 3.62. The lowest BCUT2D eigenvalue weighted by Crippen LogP contribution is -2.03. The minimum Gasteiger partial charge on any atom is -0.451 e. The third-order valence-electron chi connectivity index (χ3n) is 2.29. The third kappa shape index (κ3) is 2.73. The van der Waals surface area contributed by atoms with Crippen LogP contribution in [0.1, 0.15) is 0 Å². The van der Waals surface area contributed by atoms with Gasteiger partial charge in [0, 0.05) is 12.1 Å². The van der Waals surface area contributed by atoms with Crippen molar-refractivity contribution in [3.05, 3.63) is 57.7 Å². The maximum absolute atomic E-state index is 13.3. The van der Waals surface area contributed by atoms with Crippen LogP contribution in [0.15, 0.2) is 18.2 Å². The molecule has 0 unspecified atom stereocenters. The normalized spacial score (nSPS) is 10.5. The lowest BCUT2D eigenvalue weighted by atomic mass is 10.3. The van der Waals surface area contributed by atoms with E-state index < -0.39 is 51.5 Å². The lowest BCUT2D eigenvalue weighted by Gasteiger charge is -2.08. The van der Waals surface area contributed by atoms with Gasteiger partial charge in [-0.25, -0.2) is 0 Å². The summed E-state index contributed by atoms with van der Waals surface area (Å²) in [6.45, 7) is 0. The van der Waals surface area contributed by atoms with Crippen molar-refractivity contribution in [3.63, 3.8) is 0 Å². The molecule has 0 saturated heterocycles. The molecule has 0 saturated carbocycles. The quantitative estimate of drug-likeness (QED) is 0.377. The van der Waals surface area contributed by atoms with Crippen molar-refractivity contribution in [2.24, 2.45) is 0 Å². The fourth-order valence-electron chi connectivity index (χ4n) is 1.37. The molecule has 2 rings (SSSR count). The Morgan fingerprint density at radius 2 is 1.62 bits per heavy atom. The third-order valence-corrected chi connectivity index (χ3v) is 2.29. The summed E-state index contributed by atoms with van der Waals surface area (Å²) in [4.78, 5) is 11.7. The summed E-state index contributed by atoms with van der Waals surface area (Å²) in [6.07, 6.45) is 0. The average molecular weight is 306 g/mol. The molecule has 0 aliphatic carbocycles. The second-order valence-electron chi connectivity index (χ2n) is 3.62. The zero-order valence-electron chi connectivity index (χ0n) is 9.74. The van der Waals surface area contributed by atoms with E-state index in [9.17, 15) is 32.1 Å². The predicted octanol–water partition coefficient (Wildman–Crippen LogP) is 3.48. The first-order valence-corrected chi connectivity index (χ1v) is 5.13. The van der Waals surface area contributed by atoms with Crippen LogP contribution in [0.4, 0.5) is 27.6 Å². The molecule has 2 aromatic rings. The van der Waals surface area contributed by atoms with Crippen LogP contribution in [0.5, 0.6) is 11.5 Å². The molecular weight excluding hydrogens is 303 g/mol. The number of benzene rings is 1. The number of nitro benzene ring substituents is 1. The number of pyridine rings is 1. The number of aromatic nitrogens is 1. The molecule has 0 fully saturated rings. The number of hydrogen-bond acceptors (Lipinski definition) is 4. The van der Waals surface area contributed by atoms with E-state index in [0.717, 1.165) is 6.07 Å². The fourth-order valence-corrected chi connectivity index (χ4v) is 1.37. The second kappa shape index (κ2) is 5.31. The molecule has 0 amide bonds. The zero-order valence-corrected chi connectivity index (χ0v) is 9.74. The number of hydrogen-bond donors (Lipinski definition) is 0. The maximum Gasteiger partial charge on any atom is 0.305 e. The molecule has 10 heteroatoms. The highest BCUT2D eigenvalue weighted by molar-refractivity contribution is 5.40. The predicted molar refractivity (Wildman–Crippen MR) is 57.2 cm³/mol. The summed E-state index contributed by atoms with van der Waals surface area (Å²) in [7, 11) is 0. The van der Waals surface area contributed by atoms with Crippen molar-refractivity contribution in [2.75, 3.05) is 0 Å². The van der Waals surface area contributed by atoms with E-state index in [0.29, 0.717) is 12.1 Å². The SMILES string of the molecule is O=[N+]([O-])c1ccc(Oc2c(F)c(F)nc(F)c2F)cc1F. The first-order chi connectivity index (χ1) is 9.81. The van der Waals surface area contributed by atoms with Crippen molar-refractivity contribution in [1.82, 2.24) is 4.98 Å². The Hall–Kier alpha value is -2.78. The van der Waals surface area contributed by atoms with Gasteiger partial charge in [-0.3, -0.25) is 10.1 Å². The Kier molecular flexibility index (Phi) is 3.70. The highest BCUT2D eigenvalue weighted by Crippen LogP contribution is 2.31. The molecule has 5 nitrogen and oxygen atoms in total. The average Bonchev–Trinajstić information content (AvgIpc) is 2.41. The van der Waals surface area contributed by atoms with Crippen molar-refractivity contribution in [3.8, 4) is 11.5 Å². The molecule has 0 radical (unpaired) electrons. The van der Waals surface area contributed by atoms with Crippen LogP contribution in [0.25, 0.3) is 0 Å². The van der Waals surface area contributed by atoms with Gasteiger partial charge in [-0.2, -0.15) is 26.9 Å². The Morgan fingerprint density at radius 3 is 2.10 bits per heavy atom. The summed E-state index contributed by atoms with van der Waals surface area (Å²) in [5.74, 6) is -11.2. The Morgan fingerprint density at radius 1 is 1.05 bits per heavy atom. The molecule has 0 bridgehead atoms. The molecular formula is C11H3F5N2O3. The molecule has 0 aliphatic rings. The lowest BCUT2D eigenvalue weighted by molar-refractivity contribution is -0.387. The molecule has 21 heavy (non-hydrogen) atoms. The monoisotopic (exact) mass is 306 g/mol. The van der Waals surface area contributed by atoms with Gasteiger partial charge < -0.3 is 4.74 Å². The number of nitro groups is 1. The van der Waals surface area contributed by atoms with Crippen LogP contribution in [0.2, 0.25) is 0 Å². The van der Waals surface area contributed by atoms with Gasteiger partial charge in [0.2, 0.25) is 23.2 Å². The minimum absolute atomic E-state index is 0.438. The van der Waals surface area contributed by atoms with Crippen LogP contribution in [0.3, 0.4) is 0 Å². The molecule has 0 spiro atoms. The number of halogens is 5. The standard InChI is InChI=1S/C11H3F5N2O3/c12-5-3-4(1-2-6(5)18(19)20)21-9-7(13)10(15)17-11(16)8(9)14/h1-3H. The summed E-state index contributed by atoms with van der Waals surface area (Å²) in [5, 5.41) is 10.4. The molecule has 0 aliphatic heterocycles. The van der Waals surface area contributed by atoms with Gasteiger partial charge in [0.1, 0.15) is 5.75 Å². The van der Waals surface area contributed by atoms with Crippen LogP contribution in [-0.4, -0.2) is 9.91 Å². The molecule has 1 heterocycles. The summed E-state index contributed by atoms with van der Waals surface area (Å²) >= 11 is 0. The highest BCUT2D eigenvalue weighted by Gasteiger charge is 2.23.